The topological polar surface area (TPSA) is 24.1 Å². The molecule has 3 rings (SSSR count). The van der Waals surface area contributed by atoms with E-state index in [0.29, 0.717) is 10.1 Å². The number of anilines is 2. The van der Waals surface area contributed by atoms with Gasteiger partial charge in [0.1, 0.15) is 0 Å². The lowest BCUT2D eigenvalue weighted by atomic mass is 10.1. The first-order chi connectivity index (χ1) is 10.2. The zero-order valence-electron chi connectivity index (χ0n) is 11.1. The minimum absolute atomic E-state index is 0.550. The number of hydrogen-bond acceptors (Lipinski definition) is 1. The standard InChI is InChI=1S/C17H13ClN2S/c18-13-8-10-14(11-9-13)19-17(21)20-16-7-3-5-12-4-1-2-6-15(12)16/h1-11H,(H2,19,20,21). The number of benzene rings is 3. The Bertz CT molecular complexity index is 779. The molecule has 0 atom stereocenters. The zero-order chi connectivity index (χ0) is 14.7. The second-order valence-electron chi connectivity index (χ2n) is 4.61. The molecule has 0 unspecified atom stereocenters. The van der Waals surface area contributed by atoms with Crippen molar-refractivity contribution in [1.82, 2.24) is 0 Å². The Hall–Kier alpha value is -2.10. The lowest BCUT2D eigenvalue weighted by Crippen LogP contribution is -2.19. The lowest BCUT2D eigenvalue weighted by molar-refractivity contribution is 1.61. The Kier molecular flexibility index (Phi) is 4.04. The van der Waals surface area contributed by atoms with Crippen molar-refractivity contribution in [2.75, 3.05) is 10.6 Å². The van der Waals surface area contributed by atoms with Crippen LogP contribution < -0.4 is 10.6 Å². The molecule has 0 saturated heterocycles. The van der Waals surface area contributed by atoms with E-state index in [-0.39, 0.29) is 0 Å². The van der Waals surface area contributed by atoms with Gasteiger partial charge in [0, 0.05) is 21.8 Å². The van der Waals surface area contributed by atoms with Gasteiger partial charge in [0.15, 0.2) is 5.11 Å². The highest BCUT2D eigenvalue weighted by Gasteiger charge is 2.03. The summed E-state index contributed by atoms with van der Waals surface area (Å²) in [4.78, 5) is 0. The van der Waals surface area contributed by atoms with E-state index in [0.717, 1.165) is 16.8 Å². The smallest absolute Gasteiger partial charge is 0.175 e. The van der Waals surface area contributed by atoms with Crippen LogP contribution in [0.3, 0.4) is 0 Å². The number of fused-ring (bicyclic) bond motifs is 1. The van der Waals surface area contributed by atoms with Gasteiger partial charge in [0.05, 0.1) is 0 Å². The molecule has 0 amide bonds. The van der Waals surface area contributed by atoms with E-state index in [2.05, 4.69) is 28.8 Å². The Labute approximate surface area is 133 Å². The highest BCUT2D eigenvalue weighted by atomic mass is 35.5. The zero-order valence-corrected chi connectivity index (χ0v) is 12.7. The van der Waals surface area contributed by atoms with Crippen LogP contribution in [0.1, 0.15) is 0 Å². The largest absolute Gasteiger partial charge is 0.332 e. The van der Waals surface area contributed by atoms with Crippen LogP contribution in [0.5, 0.6) is 0 Å². The van der Waals surface area contributed by atoms with Gasteiger partial charge in [0.2, 0.25) is 0 Å². The SMILES string of the molecule is S=C(Nc1ccc(Cl)cc1)Nc1cccc2ccccc12. The number of thiocarbonyl (C=S) groups is 1. The first kappa shape index (κ1) is 13.9. The molecule has 0 bridgehead atoms. The summed E-state index contributed by atoms with van der Waals surface area (Å²) in [7, 11) is 0. The molecule has 0 aromatic heterocycles. The summed E-state index contributed by atoms with van der Waals surface area (Å²) >= 11 is 11.2. The van der Waals surface area contributed by atoms with Gasteiger partial charge in [-0.1, -0.05) is 48.0 Å². The first-order valence-corrected chi connectivity index (χ1v) is 7.32. The second kappa shape index (κ2) is 6.12. The molecule has 2 N–H and O–H groups in total. The fourth-order valence-corrected chi connectivity index (χ4v) is 2.51. The third kappa shape index (κ3) is 3.32. The molecule has 3 aromatic carbocycles. The maximum absolute atomic E-state index is 5.87. The van der Waals surface area contributed by atoms with Gasteiger partial charge in [0.25, 0.3) is 0 Å². The van der Waals surface area contributed by atoms with Crippen LogP contribution in [-0.4, -0.2) is 5.11 Å². The molecule has 4 heteroatoms. The highest BCUT2D eigenvalue weighted by Crippen LogP contribution is 2.23. The molecule has 0 saturated carbocycles. The molecule has 0 aliphatic heterocycles. The van der Waals surface area contributed by atoms with Crippen LogP contribution in [-0.2, 0) is 0 Å². The molecule has 104 valence electrons. The number of nitrogens with one attached hydrogen (secondary N) is 2. The molecule has 0 aliphatic rings. The van der Waals surface area contributed by atoms with E-state index in [1.165, 1.54) is 5.39 Å². The summed E-state index contributed by atoms with van der Waals surface area (Å²) < 4.78 is 0. The minimum atomic E-state index is 0.550. The molecule has 2 nitrogen and oxygen atoms in total. The number of halogens is 1. The van der Waals surface area contributed by atoms with Crippen molar-refractivity contribution >= 4 is 51.1 Å². The molecule has 0 aliphatic carbocycles. The third-order valence-electron chi connectivity index (χ3n) is 3.14. The van der Waals surface area contributed by atoms with Gasteiger partial charge >= 0.3 is 0 Å². The quantitative estimate of drug-likeness (QED) is 0.628. The summed E-state index contributed by atoms with van der Waals surface area (Å²) in [5.41, 5.74) is 1.89. The maximum atomic E-state index is 5.87. The van der Waals surface area contributed by atoms with Crippen molar-refractivity contribution in [3.05, 3.63) is 71.8 Å². The molecular weight excluding hydrogens is 300 g/mol. The molecule has 0 heterocycles. The summed E-state index contributed by atoms with van der Waals surface area (Å²) in [5.74, 6) is 0. The van der Waals surface area contributed by atoms with E-state index < -0.39 is 0 Å². The second-order valence-corrected chi connectivity index (χ2v) is 5.46. The summed E-state index contributed by atoms with van der Waals surface area (Å²) in [5, 5.41) is 9.95. The van der Waals surface area contributed by atoms with E-state index in [4.69, 9.17) is 23.8 Å². The molecule has 0 fully saturated rings. The number of hydrogen-bond donors (Lipinski definition) is 2. The van der Waals surface area contributed by atoms with Crippen LogP contribution in [0.2, 0.25) is 5.02 Å². The Morgan fingerprint density at radius 2 is 1.52 bits per heavy atom. The van der Waals surface area contributed by atoms with E-state index in [9.17, 15) is 0 Å². The molecular formula is C17H13ClN2S. The van der Waals surface area contributed by atoms with E-state index in [1.807, 2.05) is 48.5 Å². The van der Waals surface area contributed by atoms with Gasteiger partial charge < -0.3 is 10.6 Å². The van der Waals surface area contributed by atoms with Crippen LogP contribution in [0.15, 0.2) is 66.7 Å². The first-order valence-electron chi connectivity index (χ1n) is 6.54. The van der Waals surface area contributed by atoms with Crippen LogP contribution in [0.4, 0.5) is 11.4 Å². The molecule has 3 aromatic rings. The van der Waals surface area contributed by atoms with Crippen molar-refractivity contribution in [3.63, 3.8) is 0 Å². The highest BCUT2D eigenvalue weighted by molar-refractivity contribution is 7.80. The predicted molar refractivity (Wildman–Crippen MR) is 95.2 cm³/mol. The van der Waals surface area contributed by atoms with Crippen molar-refractivity contribution in [3.8, 4) is 0 Å². The summed E-state index contributed by atoms with van der Waals surface area (Å²) in [6, 6.07) is 21.7. The fourth-order valence-electron chi connectivity index (χ4n) is 2.15. The van der Waals surface area contributed by atoms with Crippen molar-refractivity contribution in [1.29, 1.82) is 0 Å². The monoisotopic (exact) mass is 312 g/mol. The lowest BCUT2D eigenvalue weighted by Gasteiger charge is -2.12. The van der Waals surface area contributed by atoms with Gasteiger partial charge in [-0.25, -0.2) is 0 Å². The van der Waals surface area contributed by atoms with Gasteiger partial charge in [-0.15, -0.1) is 0 Å². The third-order valence-corrected chi connectivity index (χ3v) is 3.60. The van der Waals surface area contributed by atoms with Gasteiger partial charge in [-0.05, 0) is 47.9 Å². The molecule has 0 spiro atoms. The Balaban J connectivity index is 1.79. The predicted octanol–water partition coefficient (Wildman–Crippen LogP) is 5.30. The maximum Gasteiger partial charge on any atom is 0.175 e. The van der Waals surface area contributed by atoms with Crippen molar-refractivity contribution < 1.29 is 0 Å². The average Bonchev–Trinajstić information content (AvgIpc) is 2.50. The Morgan fingerprint density at radius 3 is 2.33 bits per heavy atom. The van der Waals surface area contributed by atoms with Crippen LogP contribution in [0, 0.1) is 0 Å². The molecule has 0 radical (unpaired) electrons. The average molecular weight is 313 g/mol. The number of rotatable bonds is 2. The summed E-state index contributed by atoms with van der Waals surface area (Å²) in [6.07, 6.45) is 0. The fraction of sp³-hybridized carbons (Fsp3) is 0. The van der Waals surface area contributed by atoms with Gasteiger partial charge in [-0.3, -0.25) is 0 Å². The normalized spacial score (nSPS) is 10.3. The van der Waals surface area contributed by atoms with E-state index >= 15 is 0 Å². The van der Waals surface area contributed by atoms with Crippen LogP contribution in [0.25, 0.3) is 10.8 Å². The van der Waals surface area contributed by atoms with Gasteiger partial charge in [-0.2, -0.15) is 0 Å². The van der Waals surface area contributed by atoms with Crippen molar-refractivity contribution in [2.45, 2.75) is 0 Å². The molecule has 21 heavy (non-hydrogen) atoms. The van der Waals surface area contributed by atoms with E-state index in [1.54, 1.807) is 0 Å². The summed E-state index contributed by atoms with van der Waals surface area (Å²) in [6.45, 7) is 0. The van der Waals surface area contributed by atoms with Crippen molar-refractivity contribution in [2.24, 2.45) is 0 Å². The van der Waals surface area contributed by atoms with Crippen LogP contribution >= 0.6 is 23.8 Å². The Morgan fingerprint density at radius 1 is 0.810 bits per heavy atom. The minimum Gasteiger partial charge on any atom is -0.332 e.